The fourth-order valence-corrected chi connectivity index (χ4v) is 1.54. The van der Waals surface area contributed by atoms with Gasteiger partial charge in [-0.25, -0.2) is 9.69 Å². The molecular weight excluding hydrogens is 224 g/mol. The van der Waals surface area contributed by atoms with Gasteiger partial charge in [-0.1, -0.05) is 48.5 Å². The van der Waals surface area contributed by atoms with Crippen LogP contribution in [-0.4, -0.2) is 5.78 Å². The molecule has 0 saturated heterocycles. The van der Waals surface area contributed by atoms with Gasteiger partial charge in [0, 0.05) is 11.1 Å². The maximum Gasteiger partial charge on any atom is 0.192 e. The smallest absolute Gasteiger partial charge is 0.192 e. The van der Waals surface area contributed by atoms with Gasteiger partial charge in [-0.2, -0.15) is 0 Å². The van der Waals surface area contributed by atoms with Crippen molar-refractivity contribution in [1.82, 2.24) is 0 Å². The van der Waals surface area contributed by atoms with Crippen molar-refractivity contribution < 1.29 is 4.79 Å². The van der Waals surface area contributed by atoms with Crippen LogP contribution in [0.5, 0.6) is 0 Å². The Morgan fingerprint density at radius 3 is 1.33 bits per heavy atom. The van der Waals surface area contributed by atoms with E-state index in [1.807, 2.05) is 0 Å². The van der Waals surface area contributed by atoms with E-state index in [2.05, 4.69) is 9.69 Å². The lowest BCUT2D eigenvalue weighted by Gasteiger charge is -2.01. The Kier molecular flexibility index (Phi) is 3.18. The summed E-state index contributed by atoms with van der Waals surface area (Å²) in [5, 5.41) is 0. The van der Waals surface area contributed by atoms with Crippen LogP contribution in [0.1, 0.15) is 15.9 Å². The molecule has 2 aromatic carbocycles. The third-order valence-corrected chi connectivity index (χ3v) is 2.52. The Morgan fingerprint density at radius 1 is 0.722 bits per heavy atom. The van der Waals surface area contributed by atoms with Crippen molar-refractivity contribution in [2.24, 2.45) is 0 Å². The fraction of sp³-hybridized carbons (Fsp3) is 0. The fourth-order valence-electron chi connectivity index (χ4n) is 1.54. The molecule has 0 amide bonds. The predicted octanol–water partition coefficient (Wildman–Crippen LogP) is 4.02. The number of ketones is 1. The molecule has 2 rings (SSSR count). The molecule has 3 nitrogen and oxygen atoms in total. The number of nitrogens with zero attached hydrogens (tertiary/aromatic N) is 2. The van der Waals surface area contributed by atoms with E-state index < -0.39 is 0 Å². The van der Waals surface area contributed by atoms with Gasteiger partial charge in [0.05, 0.1) is 13.1 Å². The predicted molar refractivity (Wildman–Crippen MR) is 68.8 cm³/mol. The molecule has 0 unspecified atom stereocenters. The molecule has 0 aromatic heterocycles. The molecule has 3 heteroatoms. The second kappa shape index (κ2) is 4.95. The molecule has 0 heterocycles. The van der Waals surface area contributed by atoms with Gasteiger partial charge in [-0.15, -0.1) is 0 Å². The summed E-state index contributed by atoms with van der Waals surface area (Å²) in [5.74, 6) is -0.108. The number of hydrogen-bond acceptors (Lipinski definition) is 1. The average Bonchev–Trinajstić information content (AvgIpc) is 2.47. The highest BCUT2D eigenvalue weighted by atomic mass is 16.1. The monoisotopic (exact) mass is 232 g/mol. The first-order valence-electron chi connectivity index (χ1n) is 5.24. The molecule has 0 bridgehead atoms. The standard InChI is InChI=1S/C15H8N2O/c1-16-13-7-3-11(4-8-13)15(18)12-5-9-14(17-2)10-6-12/h3-10H. The summed E-state index contributed by atoms with van der Waals surface area (Å²) in [6.45, 7) is 13.7. The van der Waals surface area contributed by atoms with Crippen LogP contribution in [0.4, 0.5) is 11.4 Å². The van der Waals surface area contributed by atoms with Crippen molar-refractivity contribution in [2.45, 2.75) is 0 Å². The van der Waals surface area contributed by atoms with Gasteiger partial charge in [0.15, 0.2) is 17.2 Å². The zero-order valence-electron chi connectivity index (χ0n) is 9.42. The number of carbonyl (C=O) groups is 1. The molecule has 0 spiro atoms. The van der Waals surface area contributed by atoms with Crippen LogP contribution in [0.2, 0.25) is 0 Å². The maximum atomic E-state index is 12.1. The van der Waals surface area contributed by atoms with Crippen molar-refractivity contribution in [3.05, 3.63) is 82.5 Å². The molecule has 0 atom stereocenters. The van der Waals surface area contributed by atoms with E-state index in [1.54, 1.807) is 48.5 Å². The van der Waals surface area contributed by atoms with Crippen LogP contribution in [0, 0.1) is 13.1 Å². The maximum absolute atomic E-state index is 12.1. The molecule has 0 aliphatic rings. The quantitative estimate of drug-likeness (QED) is 0.567. The lowest BCUT2D eigenvalue weighted by atomic mass is 10.0. The Bertz CT molecular complexity index is 596. The van der Waals surface area contributed by atoms with Gasteiger partial charge in [-0.3, -0.25) is 4.79 Å². The van der Waals surface area contributed by atoms with Gasteiger partial charge in [0.2, 0.25) is 0 Å². The Hall–Kier alpha value is -2.91. The van der Waals surface area contributed by atoms with Gasteiger partial charge >= 0.3 is 0 Å². The third kappa shape index (κ3) is 2.26. The summed E-state index contributed by atoms with van der Waals surface area (Å²) < 4.78 is 0. The molecule has 0 N–H and O–H groups in total. The van der Waals surface area contributed by atoms with E-state index in [1.165, 1.54) is 0 Å². The number of carbonyl (C=O) groups excluding carboxylic acids is 1. The molecule has 0 aliphatic carbocycles. The first kappa shape index (κ1) is 11.6. The Balaban J connectivity index is 2.30. The molecule has 84 valence electrons. The highest BCUT2D eigenvalue weighted by Gasteiger charge is 2.08. The lowest BCUT2D eigenvalue weighted by Crippen LogP contribution is -2.00. The molecule has 0 saturated carbocycles. The van der Waals surface area contributed by atoms with E-state index in [-0.39, 0.29) is 5.78 Å². The van der Waals surface area contributed by atoms with Gasteiger partial charge in [0.25, 0.3) is 0 Å². The van der Waals surface area contributed by atoms with Crippen LogP contribution in [0.3, 0.4) is 0 Å². The highest BCUT2D eigenvalue weighted by Crippen LogP contribution is 2.18. The summed E-state index contributed by atoms with van der Waals surface area (Å²) in [4.78, 5) is 18.6. The van der Waals surface area contributed by atoms with Gasteiger partial charge in [-0.05, 0) is 0 Å². The summed E-state index contributed by atoms with van der Waals surface area (Å²) in [6, 6.07) is 13.0. The largest absolute Gasteiger partial charge is 0.289 e. The highest BCUT2D eigenvalue weighted by molar-refractivity contribution is 6.09. The normalized spacial score (nSPS) is 9.22. The first-order chi connectivity index (χ1) is 8.74. The lowest BCUT2D eigenvalue weighted by molar-refractivity contribution is 0.103. The second-order valence-corrected chi connectivity index (χ2v) is 3.65. The van der Waals surface area contributed by atoms with Gasteiger partial charge < -0.3 is 0 Å². The minimum Gasteiger partial charge on any atom is -0.289 e. The van der Waals surface area contributed by atoms with Crippen LogP contribution in [0.15, 0.2) is 48.5 Å². The molecule has 0 fully saturated rings. The van der Waals surface area contributed by atoms with Crippen molar-refractivity contribution >= 4 is 17.2 Å². The summed E-state index contributed by atoms with van der Waals surface area (Å²) >= 11 is 0. The van der Waals surface area contributed by atoms with E-state index in [4.69, 9.17) is 13.1 Å². The SMILES string of the molecule is [C-]#[N+]c1ccc(C(=O)c2ccc([N+]#[C-])cc2)cc1. The van der Waals surface area contributed by atoms with E-state index in [0.717, 1.165) is 0 Å². The van der Waals surface area contributed by atoms with Crippen LogP contribution >= 0.6 is 0 Å². The summed E-state index contributed by atoms with van der Waals surface area (Å²) in [7, 11) is 0. The van der Waals surface area contributed by atoms with Crippen molar-refractivity contribution in [1.29, 1.82) is 0 Å². The van der Waals surface area contributed by atoms with Crippen LogP contribution in [-0.2, 0) is 0 Å². The van der Waals surface area contributed by atoms with E-state index in [9.17, 15) is 4.79 Å². The van der Waals surface area contributed by atoms with E-state index in [0.29, 0.717) is 22.5 Å². The van der Waals surface area contributed by atoms with E-state index >= 15 is 0 Å². The van der Waals surface area contributed by atoms with Gasteiger partial charge in [0.1, 0.15) is 0 Å². The summed E-state index contributed by atoms with van der Waals surface area (Å²) in [5.41, 5.74) is 2.10. The van der Waals surface area contributed by atoms with Crippen molar-refractivity contribution in [3.63, 3.8) is 0 Å². The van der Waals surface area contributed by atoms with Crippen LogP contribution in [0.25, 0.3) is 9.69 Å². The minimum absolute atomic E-state index is 0.108. The molecule has 0 radical (unpaired) electrons. The zero-order chi connectivity index (χ0) is 13.0. The number of hydrogen-bond donors (Lipinski definition) is 0. The molecule has 0 aliphatic heterocycles. The summed E-state index contributed by atoms with van der Waals surface area (Å²) in [6.07, 6.45) is 0. The molecule has 18 heavy (non-hydrogen) atoms. The number of rotatable bonds is 2. The van der Waals surface area contributed by atoms with Crippen molar-refractivity contribution in [2.75, 3.05) is 0 Å². The molecular formula is C15H8N2O. The Morgan fingerprint density at radius 2 is 1.06 bits per heavy atom. The first-order valence-corrected chi connectivity index (χ1v) is 5.24. The van der Waals surface area contributed by atoms with Crippen LogP contribution < -0.4 is 0 Å². The minimum atomic E-state index is -0.108. The third-order valence-electron chi connectivity index (χ3n) is 2.52. The zero-order valence-corrected chi connectivity index (χ0v) is 9.42. The number of benzene rings is 2. The second-order valence-electron chi connectivity index (χ2n) is 3.65. The Labute approximate surface area is 105 Å². The molecule has 2 aromatic rings. The topological polar surface area (TPSA) is 25.8 Å². The van der Waals surface area contributed by atoms with Crippen molar-refractivity contribution in [3.8, 4) is 0 Å². The average molecular weight is 232 g/mol.